The summed E-state index contributed by atoms with van der Waals surface area (Å²) in [7, 11) is 1.56. The zero-order valence-electron chi connectivity index (χ0n) is 11.9. The van der Waals surface area contributed by atoms with Crippen molar-refractivity contribution in [2.45, 2.75) is 0 Å². The fraction of sp³-hybridized carbons (Fsp3) is 0.0588. The normalized spacial score (nSPS) is 10.4. The van der Waals surface area contributed by atoms with Gasteiger partial charge in [0.2, 0.25) is 0 Å². The summed E-state index contributed by atoms with van der Waals surface area (Å²) in [4.78, 5) is 18.7. The Morgan fingerprint density at radius 2 is 1.91 bits per heavy atom. The van der Waals surface area contributed by atoms with Crippen molar-refractivity contribution in [3.8, 4) is 28.3 Å². The number of aromatic amines is 1. The highest BCUT2D eigenvalue weighted by atomic mass is 16.5. The Bertz CT molecular complexity index is 810. The van der Waals surface area contributed by atoms with E-state index in [1.165, 1.54) is 0 Å². The second kappa shape index (κ2) is 5.73. The van der Waals surface area contributed by atoms with E-state index >= 15 is 0 Å². The van der Waals surface area contributed by atoms with Crippen molar-refractivity contribution in [3.63, 3.8) is 0 Å². The van der Waals surface area contributed by atoms with Crippen LogP contribution in [0.25, 0.3) is 22.5 Å². The van der Waals surface area contributed by atoms with E-state index < -0.39 is 5.97 Å². The zero-order chi connectivity index (χ0) is 15.5. The molecule has 0 saturated heterocycles. The van der Waals surface area contributed by atoms with Gasteiger partial charge in [-0.25, -0.2) is 4.79 Å². The molecule has 0 aliphatic rings. The summed E-state index contributed by atoms with van der Waals surface area (Å²) < 4.78 is 5.33. The summed E-state index contributed by atoms with van der Waals surface area (Å²) >= 11 is 0. The number of methoxy groups -OCH3 is 1. The number of ether oxygens (including phenoxy) is 1. The lowest BCUT2D eigenvalue weighted by Gasteiger charge is -2.07. The summed E-state index contributed by atoms with van der Waals surface area (Å²) in [5.41, 5.74) is 3.04. The smallest absolute Gasteiger partial charge is 0.337 e. The fourth-order valence-electron chi connectivity index (χ4n) is 2.37. The van der Waals surface area contributed by atoms with Gasteiger partial charge in [0.15, 0.2) is 0 Å². The number of para-hydroxylation sites is 1. The molecule has 5 heteroatoms. The molecule has 2 N–H and O–H groups in total. The molecule has 0 unspecified atom stereocenters. The van der Waals surface area contributed by atoms with Crippen LogP contribution in [0.15, 0.2) is 54.9 Å². The summed E-state index contributed by atoms with van der Waals surface area (Å²) in [5, 5.41) is 9.48. The van der Waals surface area contributed by atoms with E-state index in [1.54, 1.807) is 31.6 Å². The molecule has 0 aliphatic carbocycles. The van der Waals surface area contributed by atoms with Crippen LogP contribution in [0, 0.1) is 0 Å². The van der Waals surface area contributed by atoms with Crippen molar-refractivity contribution < 1.29 is 14.6 Å². The number of nitrogens with one attached hydrogen (secondary N) is 1. The third-order valence-electron chi connectivity index (χ3n) is 3.42. The number of pyridine rings is 1. The molecule has 2 heterocycles. The van der Waals surface area contributed by atoms with Gasteiger partial charge in [-0.15, -0.1) is 0 Å². The standard InChI is InChI=1S/C17H14N2O3/c1-22-15-5-3-2-4-12(15)16-13(17(20)21)10-14(19-16)11-6-8-18-9-7-11/h2-10,19H,1H3,(H,20,21). The Balaban J connectivity index is 2.19. The largest absolute Gasteiger partial charge is 0.496 e. The molecule has 3 aromatic rings. The van der Waals surface area contributed by atoms with E-state index in [2.05, 4.69) is 9.97 Å². The molecule has 0 amide bonds. The molecule has 0 aliphatic heterocycles. The maximum absolute atomic E-state index is 11.6. The lowest BCUT2D eigenvalue weighted by atomic mass is 10.1. The Hall–Kier alpha value is -3.08. The number of hydrogen-bond donors (Lipinski definition) is 2. The molecule has 0 spiro atoms. The number of H-pyrrole nitrogens is 1. The highest BCUT2D eigenvalue weighted by Gasteiger charge is 2.19. The number of hydrogen-bond acceptors (Lipinski definition) is 3. The summed E-state index contributed by atoms with van der Waals surface area (Å²) in [6, 6.07) is 12.6. The first kappa shape index (κ1) is 13.9. The van der Waals surface area contributed by atoms with Crippen LogP contribution in [-0.2, 0) is 0 Å². The Morgan fingerprint density at radius 3 is 2.59 bits per heavy atom. The molecule has 110 valence electrons. The maximum atomic E-state index is 11.6. The topological polar surface area (TPSA) is 75.2 Å². The van der Waals surface area contributed by atoms with Crippen LogP contribution < -0.4 is 4.74 Å². The number of benzene rings is 1. The van der Waals surface area contributed by atoms with E-state index in [0.717, 1.165) is 11.3 Å². The van der Waals surface area contributed by atoms with Crippen LogP contribution in [0.4, 0.5) is 0 Å². The number of aromatic carboxylic acids is 1. The molecule has 0 atom stereocenters. The second-order valence-corrected chi connectivity index (χ2v) is 4.71. The molecule has 3 rings (SSSR count). The fourth-order valence-corrected chi connectivity index (χ4v) is 2.37. The average molecular weight is 294 g/mol. The number of carbonyl (C=O) groups is 1. The predicted octanol–water partition coefficient (Wildman–Crippen LogP) is 3.45. The monoisotopic (exact) mass is 294 g/mol. The number of rotatable bonds is 4. The summed E-state index contributed by atoms with van der Waals surface area (Å²) in [6.07, 6.45) is 3.33. The van der Waals surface area contributed by atoms with Gasteiger partial charge >= 0.3 is 5.97 Å². The molecular weight excluding hydrogens is 280 g/mol. The van der Waals surface area contributed by atoms with Gasteiger partial charge in [0, 0.05) is 29.2 Å². The minimum atomic E-state index is -0.988. The maximum Gasteiger partial charge on any atom is 0.337 e. The molecule has 0 bridgehead atoms. The van der Waals surface area contributed by atoms with Crippen LogP contribution >= 0.6 is 0 Å². The van der Waals surface area contributed by atoms with Gasteiger partial charge in [0.05, 0.1) is 18.4 Å². The van der Waals surface area contributed by atoms with Gasteiger partial charge in [-0.05, 0) is 30.3 Å². The van der Waals surface area contributed by atoms with Gasteiger partial charge in [0.25, 0.3) is 0 Å². The van der Waals surface area contributed by atoms with Gasteiger partial charge in [-0.3, -0.25) is 4.98 Å². The highest BCUT2D eigenvalue weighted by Crippen LogP contribution is 2.34. The molecule has 1 aromatic carbocycles. The molecular formula is C17H14N2O3. The van der Waals surface area contributed by atoms with Crippen molar-refractivity contribution in [1.29, 1.82) is 0 Å². The second-order valence-electron chi connectivity index (χ2n) is 4.71. The van der Waals surface area contributed by atoms with E-state index in [9.17, 15) is 9.90 Å². The molecule has 5 nitrogen and oxygen atoms in total. The highest BCUT2D eigenvalue weighted by molar-refractivity contribution is 5.98. The molecule has 0 fully saturated rings. The minimum Gasteiger partial charge on any atom is -0.496 e. The van der Waals surface area contributed by atoms with Crippen LogP contribution in [0.5, 0.6) is 5.75 Å². The van der Waals surface area contributed by atoms with Crippen LogP contribution in [-0.4, -0.2) is 28.2 Å². The van der Waals surface area contributed by atoms with E-state index in [0.29, 0.717) is 17.0 Å². The first-order valence-electron chi connectivity index (χ1n) is 6.71. The van der Waals surface area contributed by atoms with E-state index in [4.69, 9.17) is 4.74 Å². The number of carboxylic acid groups (broad SMARTS) is 1. The van der Waals surface area contributed by atoms with E-state index in [-0.39, 0.29) is 5.56 Å². The van der Waals surface area contributed by atoms with Crippen LogP contribution in [0.2, 0.25) is 0 Å². The molecule has 2 aromatic heterocycles. The Kier molecular flexibility index (Phi) is 3.62. The van der Waals surface area contributed by atoms with Crippen LogP contribution in [0.1, 0.15) is 10.4 Å². The zero-order valence-corrected chi connectivity index (χ0v) is 11.9. The minimum absolute atomic E-state index is 0.205. The van der Waals surface area contributed by atoms with Crippen LogP contribution in [0.3, 0.4) is 0 Å². The molecule has 0 saturated carbocycles. The van der Waals surface area contributed by atoms with Gasteiger partial charge in [0.1, 0.15) is 5.75 Å². The number of nitrogens with zero attached hydrogens (tertiary/aromatic N) is 1. The van der Waals surface area contributed by atoms with Crippen molar-refractivity contribution in [1.82, 2.24) is 9.97 Å². The lowest BCUT2D eigenvalue weighted by molar-refractivity contribution is 0.0698. The Labute approximate surface area is 127 Å². The quantitative estimate of drug-likeness (QED) is 0.772. The van der Waals surface area contributed by atoms with Gasteiger partial charge < -0.3 is 14.8 Å². The Morgan fingerprint density at radius 1 is 1.18 bits per heavy atom. The number of carboxylic acids is 1. The summed E-state index contributed by atoms with van der Waals surface area (Å²) in [5.74, 6) is -0.370. The van der Waals surface area contributed by atoms with Crippen molar-refractivity contribution in [2.24, 2.45) is 0 Å². The molecule has 22 heavy (non-hydrogen) atoms. The third-order valence-corrected chi connectivity index (χ3v) is 3.42. The molecule has 0 radical (unpaired) electrons. The van der Waals surface area contributed by atoms with E-state index in [1.807, 2.05) is 30.3 Å². The third kappa shape index (κ3) is 2.44. The van der Waals surface area contributed by atoms with Crippen molar-refractivity contribution in [3.05, 3.63) is 60.4 Å². The average Bonchev–Trinajstić information content (AvgIpc) is 3.01. The number of aromatic nitrogens is 2. The first-order chi connectivity index (χ1) is 10.7. The SMILES string of the molecule is COc1ccccc1-c1[nH]c(-c2ccncc2)cc1C(=O)O. The van der Waals surface area contributed by atoms with Crippen molar-refractivity contribution >= 4 is 5.97 Å². The van der Waals surface area contributed by atoms with Crippen molar-refractivity contribution in [2.75, 3.05) is 7.11 Å². The lowest BCUT2D eigenvalue weighted by Crippen LogP contribution is -1.97. The predicted molar refractivity (Wildman–Crippen MR) is 83.0 cm³/mol. The first-order valence-corrected chi connectivity index (χ1v) is 6.71. The summed E-state index contributed by atoms with van der Waals surface area (Å²) in [6.45, 7) is 0. The van der Waals surface area contributed by atoms with Gasteiger partial charge in [-0.2, -0.15) is 0 Å². The van der Waals surface area contributed by atoms with Gasteiger partial charge in [-0.1, -0.05) is 12.1 Å².